The highest BCUT2D eigenvalue weighted by molar-refractivity contribution is 6.03. The van der Waals surface area contributed by atoms with Gasteiger partial charge in [-0.3, -0.25) is 9.78 Å². The van der Waals surface area contributed by atoms with E-state index in [4.69, 9.17) is 0 Å². The zero-order valence-electron chi connectivity index (χ0n) is 14.9. The van der Waals surface area contributed by atoms with Gasteiger partial charge in [-0.25, -0.2) is 9.97 Å². The molecule has 3 rings (SSSR count). The quantitative estimate of drug-likeness (QED) is 0.712. The maximum Gasteiger partial charge on any atom is 0.274 e. The van der Waals surface area contributed by atoms with E-state index in [2.05, 4.69) is 32.5 Å². The number of hydrogen-bond donors (Lipinski definition) is 2. The van der Waals surface area contributed by atoms with Gasteiger partial charge < -0.3 is 10.6 Å². The average molecular weight is 347 g/mol. The number of carbonyl (C=O) groups is 1. The van der Waals surface area contributed by atoms with Crippen LogP contribution >= 0.6 is 0 Å². The van der Waals surface area contributed by atoms with Crippen LogP contribution in [-0.2, 0) is 13.0 Å². The van der Waals surface area contributed by atoms with Crippen LogP contribution in [0, 0.1) is 6.92 Å². The second-order valence-electron chi connectivity index (χ2n) is 5.87. The normalized spacial score (nSPS) is 10.4. The van der Waals surface area contributed by atoms with Crippen molar-refractivity contribution in [2.75, 3.05) is 10.6 Å². The van der Waals surface area contributed by atoms with Gasteiger partial charge in [0.15, 0.2) is 0 Å². The molecular weight excluding hydrogens is 326 g/mol. The minimum atomic E-state index is -0.249. The van der Waals surface area contributed by atoms with Gasteiger partial charge in [0.05, 0.1) is 0 Å². The average Bonchev–Trinajstić information content (AvgIpc) is 2.67. The Balaban J connectivity index is 1.75. The van der Waals surface area contributed by atoms with E-state index >= 15 is 0 Å². The van der Waals surface area contributed by atoms with E-state index in [0.717, 1.165) is 23.2 Å². The zero-order valence-corrected chi connectivity index (χ0v) is 14.9. The summed E-state index contributed by atoms with van der Waals surface area (Å²) in [5.74, 6) is 0.895. The number of benzene rings is 1. The number of amides is 1. The van der Waals surface area contributed by atoms with Crippen LogP contribution in [0.3, 0.4) is 0 Å². The van der Waals surface area contributed by atoms with Crippen molar-refractivity contribution >= 4 is 17.4 Å². The Morgan fingerprint density at radius 1 is 1.12 bits per heavy atom. The van der Waals surface area contributed by atoms with Gasteiger partial charge in [-0.15, -0.1) is 0 Å². The summed E-state index contributed by atoms with van der Waals surface area (Å²) in [5.41, 5.74) is 3.26. The number of nitrogens with one attached hydrogen (secondary N) is 2. The van der Waals surface area contributed by atoms with Gasteiger partial charge in [-0.05, 0) is 36.6 Å². The van der Waals surface area contributed by atoms with E-state index in [0.29, 0.717) is 23.9 Å². The van der Waals surface area contributed by atoms with Crippen LogP contribution < -0.4 is 10.6 Å². The number of aryl methyl sites for hydroxylation is 2. The molecule has 0 fully saturated rings. The van der Waals surface area contributed by atoms with Crippen molar-refractivity contribution in [3.63, 3.8) is 0 Å². The van der Waals surface area contributed by atoms with Gasteiger partial charge in [-0.2, -0.15) is 0 Å². The molecule has 0 saturated carbocycles. The molecule has 2 heterocycles. The number of carbonyl (C=O) groups excluding carboxylic acids is 1. The van der Waals surface area contributed by atoms with E-state index in [1.54, 1.807) is 25.4 Å². The summed E-state index contributed by atoms with van der Waals surface area (Å²) in [6.45, 7) is 4.40. The van der Waals surface area contributed by atoms with E-state index in [1.807, 2.05) is 36.4 Å². The summed E-state index contributed by atoms with van der Waals surface area (Å²) in [6.07, 6.45) is 4.36. The lowest BCUT2D eigenvalue weighted by atomic mass is 10.1. The van der Waals surface area contributed by atoms with Gasteiger partial charge in [0.2, 0.25) is 0 Å². The molecule has 0 spiro atoms. The molecule has 132 valence electrons. The van der Waals surface area contributed by atoms with Gasteiger partial charge in [0.1, 0.15) is 17.3 Å². The molecule has 2 N–H and O–H groups in total. The van der Waals surface area contributed by atoms with E-state index < -0.39 is 0 Å². The Bertz CT molecular complexity index is 896. The smallest absolute Gasteiger partial charge is 0.274 e. The number of rotatable bonds is 6. The first-order valence-corrected chi connectivity index (χ1v) is 8.53. The second kappa shape index (κ2) is 8.20. The minimum absolute atomic E-state index is 0.249. The molecule has 0 aliphatic rings. The molecule has 0 unspecified atom stereocenters. The van der Waals surface area contributed by atoms with Crippen LogP contribution in [0.15, 0.2) is 54.9 Å². The van der Waals surface area contributed by atoms with Crippen LogP contribution in [0.2, 0.25) is 0 Å². The number of hydrogen-bond acceptors (Lipinski definition) is 5. The highest BCUT2D eigenvalue weighted by Gasteiger charge is 2.12. The number of nitrogens with zero attached hydrogens (tertiary/aromatic N) is 3. The Morgan fingerprint density at radius 3 is 2.73 bits per heavy atom. The largest absolute Gasteiger partial charge is 0.366 e. The first-order chi connectivity index (χ1) is 12.7. The second-order valence-corrected chi connectivity index (χ2v) is 5.87. The van der Waals surface area contributed by atoms with E-state index in [1.165, 1.54) is 0 Å². The highest BCUT2D eigenvalue weighted by atomic mass is 16.1. The number of aromatic nitrogens is 3. The first-order valence-electron chi connectivity index (χ1n) is 8.53. The van der Waals surface area contributed by atoms with Crippen molar-refractivity contribution in [3.05, 3.63) is 77.5 Å². The molecular formula is C20H21N5O. The minimum Gasteiger partial charge on any atom is -0.366 e. The van der Waals surface area contributed by atoms with Crippen LogP contribution in [0.1, 0.15) is 34.4 Å². The maximum absolute atomic E-state index is 12.6. The Labute approximate surface area is 152 Å². The predicted molar refractivity (Wildman–Crippen MR) is 102 cm³/mol. The predicted octanol–water partition coefficient (Wildman–Crippen LogP) is 3.61. The van der Waals surface area contributed by atoms with E-state index in [-0.39, 0.29) is 5.91 Å². The molecule has 1 aromatic carbocycles. The lowest BCUT2D eigenvalue weighted by Crippen LogP contribution is -2.16. The maximum atomic E-state index is 12.6. The zero-order chi connectivity index (χ0) is 18.4. The molecule has 2 aromatic heterocycles. The lowest BCUT2D eigenvalue weighted by Gasteiger charge is -2.11. The number of para-hydroxylation sites is 1. The molecule has 26 heavy (non-hydrogen) atoms. The standard InChI is InChI=1S/C20H21N5O/c1-3-16-8-4-5-9-17(16)25-20(26)18-11-19(24-14(2)23-18)22-13-15-7-6-10-21-12-15/h4-12H,3,13H2,1-2H3,(H,25,26)(H,22,23,24). The highest BCUT2D eigenvalue weighted by Crippen LogP contribution is 2.17. The third-order valence-electron chi connectivity index (χ3n) is 3.91. The van der Waals surface area contributed by atoms with Gasteiger partial charge >= 0.3 is 0 Å². The van der Waals surface area contributed by atoms with E-state index in [9.17, 15) is 4.79 Å². The molecule has 0 radical (unpaired) electrons. The number of pyridine rings is 1. The van der Waals surface area contributed by atoms with Crippen molar-refractivity contribution in [2.24, 2.45) is 0 Å². The van der Waals surface area contributed by atoms with Crippen LogP contribution in [0.5, 0.6) is 0 Å². The molecule has 1 amide bonds. The summed E-state index contributed by atoms with van der Waals surface area (Å²) in [6, 6.07) is 13.3. The summed E-state index contributed by atoms with van der Waals surface area (Å²) in [7, 11) is 0. The summed E-state index contributed by atoms with van der Waals surface area (Å²) in [4.78, 5) is 25.3. The molecule has 6 heteroatoms. The number of anilines is 2. The van der Waals surface area contributed by atoms with Crippen LogP contribution in [0.4, 0.5) is 11.5 Å². The summed E-state index contributed by atoms with van der Waals surface area (Å²) in [5, 5.41) is 6.15. The third kappa shape index (κ3) is 4.42. The molecule has 0 aliphatic heterocycles. The molecule has 0 atom stereocenters. The SMILES string of the molecule is CCc1ccccc1NC(=O)c1cc(NCc2cccnc2)nc(C)n1. The fourth-order valence-corrected chi connectivity index (χ4v) is 2.61. The summed E-state index contributed by atoms with van der Waals surface area (Å²) >= 11 is 0. The molecule has 0 saturated heterocycles. The fourth-order valence-electron chi connectivity index (χ4n) is 2.61. The summed E-state index contributed by atoms with van der Waals surface area (Å²) < 4.78 is 0. The lowest BCUT2D eigenvalue weighted by molar-refractivity contribution is 0.102. The van der Waals surface area contributed by atoms with Crippen molar-refractivity contribution < 1.29 is 4.79 Å². The topological polar surface area (TPSA) is 79.8 Å². The van der Waals surface area contributed by atoms with Gasteiger partial charge in [0, 0.05) is 30.7 Å². The van der Waals surface area contributed by atoms with Crippen molar-refractivity contribution in [3.8, 4) is 0 Å². The van der Waals surface area contributed by atoms with Gasteiger partial charge in [-0.1, -0.05) is 31.2 Å². The Hall–Kier alpha value is -3.28. The Morgan fingerprint density at radius 2 is 1.96 bits per heavy atom. The van der Waals surface area contributed by atoms with Crippen LogP contribution in [-0.4, -0.2) is 20.9 Å². The van der Waals surface area contributed by atoms with Gasteiger partial charge in [0.25, 0.3) is 5.91 Å². The van der Waals surface area contributed by atoms with Crippen molar-refractivity contribution in [2.45, 2.75) is 26.8 Å². The van der Waals surface area contributed by atoms with Crippen LogP contribution in [0.25, 0.3) is 0 Å². The fraction of sp³-hybridized carbons (Fsp3) is 0.200. The third-order valence-corrected chi connectivity index (χ3v) is 3.91. The molecule has 6 nitrogen and oxygen atoms in total. The van der Waals surface area contributed by atoms with Crippen molar-refractivity contribution in [1.82, 2.24) is 15.0 Å². The molecule has 0 bridgehead atoms. The monoisotopic (exact) mass is 347 g/mol. The molecule has 0 aliphatic carbocycles. The molecule has 3 aromatic rings. The first kappa shape index (κ1) is 17.5. The van der Waals surface area contributed by atoms with Crippen molar-refractivity contribution in [1.29, 1.82) is 0 Å². The Kier molecular flexibility index (Phi) is 5.53.